The minimum Gasteiger partial charge on any atom is -0.361 e. The molecule has 5 rings (SSSR count). The van der Waals surface area contributed by atoms with Gasteiger partial charge in [-0.25, -0.2) is 4.79 Å². The second-order valence-corrected chi connectivity index (χ2v) is 11.0. The van der Waals surface area contributed by atoms with E-state index in [1.807, 2.05) is 93.9 Å². The van der Waals surface area contributed by atoms with Crippen molar-refractivity contribution in [3.8, 4) is 0 Å². The number of benzene rings is 3. The molecule has 0 fully saturated rings. The predicted octanol–water partition coefficient (Wildman–Crippen LogP) is 5.76. The number of urea groups is 1. The molecule has 1 aromatic heterocycles. The van der Waals surface area contributed by atoms with E-state index in [1.54, 1.807) is 4.90 Å². The number of carbonyl (C=O) groups excluding carboxylic acids is 2. The van der Waals surface area contributed by atoms with Crippen LogP contribution in [0.1, 0.15) is 35.1 Å². The summed E-state index contributed by atoms with van der Waals surface area (Å²) in [5.74, 6) is -0.543. The van der Waals surface area contributed by atoms with Crippen LogP contribution >= 0.6 is 11.6 Å². The van der Waals surface area contributed by atoms with Crippen molar-refractivity contribution >= 4 is 40.1 Å². The highest BCUT2D eigenvalue weighted by Gasteiger charge is 2.32. The van der Waals surface area contributed by atoms with E-state index in [1.165, 1.54) is 0 Å². The zero-order valence-corrected chi connectivity index (χ0v) is 23.3. The number of anilines is 1. The van der Waals surface area contributed by atoms with E-state index in [-0.39, 0.29) is 17.9 Å². The zero-order valence-electron chi connectivity index (χ0n) is 22.5. The molecule has 0 bridgehead atoms. The maximum Gasteiger partial charge on any atom is 0.318 e. The second-order valence-electron chi connectivity index (χ2n) is 10.5. The molecular formula is C31H34ClN5O2. The first-order chi connectivity index (χ1) is 18.8. The van der Waals surface area contributed by atoms with Crippen molar-refractivity contribution in [2.45, 2.75) is 38.4 Å². The minimum absolute atomic E-state index is 0.257. The van der Waals surface area contributed by atoms with Crippen LogP contribution in [0.3, 0.4) is 0 Å². The molecular weight excluding hydrogens is 510 g/mol. The van der Waals surface area contributed by atoms with Gasteiger partial charge in [0.05, 0.1) is 0 Å². The molecule has 4 aromatic rings. The van der Waals surface area contributed by atoms with Gasteiger partial charge in [-0.2, -0.15) is 0 Å². The molecule has 0 radical (unpaired) electrons. The van der Waals surface area contributed by atoms with Gasteiger partial charge < -0.3 is 25.4 Å². The summed E-state index contributed by atoms with van der Waals surface area (Å²) in [5.41, 5.74) is 6.00. The van der Waals surface area contributed by atoms with E-state index >= 15 is 0 Å². The first-order valence-corrected chi connectivity index (χ1v) is 13.6. The maximum absolute atomic E-state index is 13.8. The molecule has 39 heavy (non-hydrogen) atoms. The predicted molar refractivity (Wildman–Crippen MR) is 157 cm³/mol. The number of halogens is 1. The third kappa shape index (κ3) is 6.10. The van der Waals surface area contributed by atoms with Gasteiger partial charge in [0.25, 0.3) is 0 Å². The summed E-state index contributed by atoms with van der Waals surface area (Å²) in [5, 5.41) is 7.87. The van der Waals surface area contributed by atoms with Crippen LogP contribution in [0.25, 0.3) is 10.9 Å². The van der Waals surface area contributed by atoms with E-state index in [0.29, 0.717) is 23.8 Å². The third-order valence-corrected chi connectivity index (χ3v) is 7.57. The number of aromatic amines is 1. The lowest BCUT2D eigenvalue weighted by molar-refractivity contribution is -0.118. The molecule has 2 atom stereocenters. The van der Waals surface area contributed by atoms with Crippen LogP contribution < -0.4 is 10.6 Å². The monoisotopic (exact) mass is 543 g/mol. The van der Waals surface area contributed by atoms with Crippen LogP contribution in [-0.4, -0.2) is 53.4 Å². The van der Waals surface area contributed by atoms with Gasteiger partial charge in [0.1, 0.15) is 6.04 Å². The lowest BCUT2D eigenvalue weighted by atomic mass is 9.92. The molecule has 1 aliphatic heterocycles. The lowest BCUT2D eigenvalue weighted by Crippen LogP contribution is -2.52. The van der Waals surface area contributed by atoms with Gasteiger partial charge >= 0.3 is 6.03 Å². The fourth-order valence-corrected chi connectivity index (χ4v) is 5.51. The molecule has 3 N–H and O–H groups in total. The Hall–Kier alpha value is -3.81. The molecule has 2 heterocycles. The number of nitrogens with one attached hydrogen (secondary N) is 3. The molecule has 0 unspecified atom stereocenters. The van der Waals surface area contributed by atoms with Gasteiger partial charge in [-0.15, -0.1) is 0 Å². The van der Waals surface area contributed by atoms with E-state index in [2.05, 4.69) is 20.5 Å². The van der Waals surface area contributed by atoms with Gasteiger partial charge in [0, 0.05) is 53.4 Å². The fraction of sp³-hybridized carbons (Fsp3) is 0.290. The van der Waals surface area contributed by atoms with Crippen molar-refractivity contribution in [1.82, 2.24) is 20.1 Å². The summed E-state index contributed by atoms with van der Waals surface area (Å²) >= 11 is 6.16. The number of hydrogen-bond acceptors (Lipinski definition) is 3. The van der Waals surface area contributed by atoms with Gasteiger partial charge in [-0.1, -0.05) is 54.9 Å². The molecule has 3 aromatic carbocycles. The summed E-state index contributed by atoms with van der Waals surface area (Å²) in [6.07, 6.45) is 2.65. The van der Waals surface area contributed by atoms with Crippen LogP contribution in [-0.2, 0) is 24.3 Å². The smallest absolute Gasteiger partial charge is 0.318 e. The Morgan fingerprint density at radius 2 is 1.87 bits per heavy atom. The second kappa shape index (κ2) is 11.5. The number of amides is 3. The van der Waals surface area contributed by atoms with Crippen molar-refractivity contribution in [3.05, 3.63) is 100 Å². The summed E-state index contributed by atoms with van der Waals surface area (Å²) < 4.78 is 0. The first-order valence-electron chi connectivity index (χ1n) is 13.2. The highest BCUT2D eigenvalue weighted by molar-refractivity contribution is 6.30. The summed E-state index contributed by atoms with van der Waals surface area (Å²) in [7, 11) is 4.01. The van der Waals surface area contributed by atoms with Crippen LogP contribution in [0.2, 0.25) is 5.02 Å². The SMILES string of the molecule is C[C@H](c1c[nH]c2ccccc12)[C@@H](NC(=O)N1CCc2cc(Cl)ccc2C1)C(=O)Nc1cccc(CN(C)C)c1. The topological polar surface area (TPSA) is 80.5 Å². The highest BCUT2D eigenvalue weighted by atomic mass is 35.5. The van der Waals surface area contributed by atoms with Crippen molar-refractivity contribution in [1.29, 1.82) is 0 Å². The fourth-order valence-electron chi connectivity index (χ4n) is 5.32. The molecule has 7 nitrogen and oxygen atoms in total. The number of nitrogens with zero attached hydrogens (tertiary/aromatic N) is 2. The molecule has 0 saturated carbocycles. The minimum atomic E-state index is -0.791. The first kappa shape index (κ1) is 26.8. The van der Waals surface area contributed by atoms with Crippen LogP contribution in [0.5, 0.6) is 0 Å². The maximum atomic E-state index is 13.8. The Balaban J connectivity index is 1.40. The lowest BCUT2D eigenvalue weighted by Gasteiger charge is -2.32. The van der Waals surface area contributed by atoms with Crippen molar-refractivity contribution in [2.24, 2.45) is 0 Å². The van der Waals surface area contributed by atoms with Gasteiger partial charge in [-0.05, 0) is 73.1 Å². The molecule has 0 saturated heterocycles. The van der Waals surface area contributed by atoms with Crippen LogP contribution in [0.15, 0.2) is 72.9 Å². The Morgan fingerprint density at radius 1 is 1.05 bits per heavy atom. The third-order valence-electron chi connectivity index (χ3n) is 7.33. The number of H-pyrrole nitrogens is 1. The van der Waals surface area contributed by atoms with Crippen LogP contribution in [0, 0.1) is 0 Å². The average molecular weight is 544 g/mol. The zero-order chi connectivity index (χ0) is 27.5. The van der Waals surface area contributed by atoms with Gasteiger partial charge in [0.15, 0.2) is 0 Å². The number of carbonyl (C=O) groups is 2. The Kier molecular flexibility index (Phi) is 7.91. The van der Waals surface area contributed by atoms with Gasteiger partial charge in [0.2, 0.25) is 5.91 Å². The van der Waals surface area contributed by atoms with E-state index in [4.69, 9.17) is 11.6 Å². The Bertz CT molecular complexity index is 1500. The molecule has 1 aliphatic rings. The van der Waals surface area contributed by atoms with E-state index in [0.717, 1.165) is 46.1 Å². The summed E-state index contributed by atoms with van der Waals surface area (Å²) in [4.78, 5) is 34.5. The Morgan fingerprint density at radius 3 is 2.69 bits per heavy atom. The normalized spacial score (nSPS) is 14.6. The highest BCUT2D eigenvalue weighted by Crippen LogP contribution is 2.29. The number of para-hydroxylation sites is 1. The summed E-state index contributed by atoms with van der Waals surface area (Å²) in [6, 6.07) is 20.5. The van der Waals surface area contributed by atoms with E-state index in [9.17, 15) is 9.59 Å². The number of hydrogen-bond donors (Lipinski definition) is 3. The molecule has 3 amide bonds. The largest absolute Gasteiger partial charge is 0.361 e. The van der Waals surface area contributed by atoms with E-state index < -0.39 is 6.04 Å². The molecule has 0 aliphatic carbocycles. The quantitative estimate of drug-likeness (QED) is 0.277. The molecule has 8 heteroatoms. The van der Waals surface area contributed by atoms with Crippen molar-refractivity contribution in [3.63, 3.8) is 0 Å². The van der Waals surface area contributed by atoms with Crippen molar-refractivity contribution < 1.29 is 9.59 Å². The molecule has 0 spiro atoms. The number of rotatable bonds is 7. The Labute approximate surface area is 234 Å². The molecule has 202 valence electrons. The average Bonchev–Trinajstić information content (AvgIpc) is 3.35. The standard InChI is InChI=1S/C31H34ClN5O2/c1-20(27-17-33-28-10-5-4-9-26(27)28)29(30(38)34-25-8-6-7-21(15-25)18-36(2)3)35-31(39)37-14-13-22-16-24(32)12-11-23(22)19-37/h4-12,15-17,20,29,33H,13-14,18-19H2,1-3H3,(H,34,38)(H,35,39)/t20-,29-/m1/s1. The van der Waals surface area contributed by atoms with Crippen molar-refractivity contribution in [2.75, 3.05) is 26.0 Å². The van der Waals surface area contributed by atoms with Gasteiger partial charge in [-0.3, -0.25) is 4.79 Å². The number of fused-ring (bicyclic) bond motifs is 2. The number of aromatic nitrogens is 1. The summed E-state index contributed by atoms with van der Waals surface area (Å²) in [6.45, 7) is 3.77. The van der Waals surface area contributed by atoms with Crippen LogP contribution in [0.4, 0.5) is 10.5 Å².